The fourth-order valence-electron chi connectivity index (χ4n) is 0.865. The molecule has 1 aromatic rings. The molecule has 0 amide bonds. The van der Waals surface area contributed by atoms with Crippen LogP contribution in [0.4, 0.5) is 5.82 Å². The maximum Gasteiger partial charge on any atom is 0.156 e. The molecule has 5 heteroatoms. The highest BCUT2D eigenvalue weighted by molar-refractivity contribution is 7.99. The van der Waals surface area contributed by atoms with E-state index >= 15 is 0 Å². The van der Waals surface area contributed by atoms with Crippen LogP contribution in [0.25, 0.3) is 0 Å². The fraction of sp³-hybridized carbons (Fsp3) is 0.500. The van der Waals surface area contributed by atoms with E-state index in [1.807, 2.05) is 7.05 Å². The summed E-state index contributed by atoms with van der Waals surface area (Å²) >= 11 is 1.65. The highest BCUT2D eigenvalue weighted by Crippen LogP contribution is 2.19. The molecule has 0 spiro atoms. The van der Waals surface area contributed by atoms with E-state index in [0.29, 0.717) is 5.82 Å². The summed E-state index contributed by atoms with van der Waals surface area (Å²) in [5.74, 6) is 1.54. The molecule has 1 heterocycles. The number of aromatic nitrogens is 2. The second kappa shape index (κ2) is 5.77. The smallest absolute Gasteiger partial charge is 0.156 e. The van der Waals surface area contributed by atoms with Gasteiger partial charge in [-0.3, -0.25) is 0 Å². The molecule has 0 aliphatic carbocycles. The van der Waals surface area contributed by atoms with Crippen LogP contribution >= 0.6 is 11.8 Å². The minimum absolute atomic E-state index is 0.525. The van der Waals surface area contributed by atoms with Gasteiger partial charge < -0.3 is 11.1 Å². The van der Waals surface area contributed by atoms with E-state index in [4.69, 9.17) is 5.73 Å². The first-order valence-electron chi connectivity index (χ1n) is 4.18. The molecule has 0 bridgehead atoms. The van der Waals surface area contributed by atoms with E-state index in [1.54, 1.807) is 24.2 Å². The Morgan fingerprint density at radius 2 is 2.23 bits per heavy atom. The quantitative estimate of drug-likeness (QED) is 0.540. The molecule has 1 rings (SSSR count). The van der Waals surface area contributed by atoms with Gasteiger partial charge in [0.2, 0.25) is 0 Å². The van der Waals surface area contributed by atoms with Crippen LogP contribution in [0.15, 0.2) is 17.4 Å². The summed E-state index contributed by atoms with van der Waals surface area (Å²) in [5, 5.41) is 3.92. The molecule has 1 aromatic heterocycles. The number of thioether (sulfide) groups is 1. The summed E-state index contributed by atoms with van der Waals surface area (Å²) in [6.45, 7) is 1.02. The molecule has 0 saturated carbocycles. The number of hydrogen-bond donors (Lipinski definition) is 2. The Hall–Kier alpha value is -0.810. The minimum atomic E-state index is 0.525. The maximum absolute atomic E-state index is 5.63. The molecule has 0 aliphatic rings. The second-order valence-corrected chi connectivity index (χ2v) is 3.64. The van der Waals surface area contributed by atoms with Crippen LogP contribution in [0, 0.1) is 0 Å². The Morgan fingerprint density at radius 3 is 2.92 bits per heavy atom. The summed E-state index contributed by atoms with van der Waals surface area (Å²) in [4.78, 5) is 8.09. The summed E-state index contributed by atoms with van der Waals surface area (Å²) in [6.07, 6.45) is 4.38. The van der Waals surface area contributed by atoms with Crippen molar-refractivity contribution in [3.8, 4) is 0 Å². The highest BCUT2D eigenvalue weighted by Gasteiger charge is 2.00. The van der Waals surface area contributed by atoms with E-state index in [1.165, 1.54) is 0 Å². The van der Waals surface area contributed by atoms with Gasteiger partial charge in [-0.1, -0.05) is 0 Å². The molecule has 0 radical (unpaired) electrons. The van der Waals surface area contributed by atoms with Gasteiger partial charge in [-0.15, -0.1) is 11.8 Å². The molecule has 3 N–H and O–H groups in total. The molecule has 0 atom stereocenters. The molecule has 13 heavy (non-hydrogen) atoms. The van der Waals surface area contributed by atoms with Crippen molar-refractivity contribution in [2.75, 3.05) is 25.1 Å². The zero-order chi connectivity index (χ0) is 9.52. The van der Waals surface area contributed by atoms with Crippen molar-refractivity contribution >= 4 is 17.6 Å². The Bertz CT molecular complexity index is 254. The fourth-order valence-corrected chi connectivity index (χ4v) is 1.68. The van der Waals surface area contributed by atoms with Gasteiger partial charge in [0.05, 0.1) is 0 Å². The van der Waals surface area contributed by atoms with Gasteiger partial charge in [-0.25, -0.2) is 9.97 Å². The maximum atomic E-state index is 5.63. The summed E-state index contributed by atoms with van der Waals surface area (Å²) in [7, 11) is 1.95. The zero-order valence-electron chi connectivity index (χ0n) is 7.66. The van der Waals surface area contributed by atoms with Crippen LogP contribution in [-0.2, 0) is 0 Å². The summed E-state index contributed by atoms with van der Waals surface area (Å²) in [5.41, 5.74) is 5.63. The van der Waals surface area contributed by atoms with Crippen molar-refractivity contribution < 1.29 is 0 Å². The number of rotatable bonds is 5. The molecular weight excluding hydrogens is 184 g/mol. The van der Waals surface area contributed by atoms with Crippen molar-refractivity contribution in [1.82, 2.24) is 15.3 Å². The van der Waals surface area contributed by atoms with Crippen molar-refractivity contribution in [2.45, 2.75) is 11.4 Å². The summed E-state index contributed by atoms with van der Waals surface area (Å²) in [6, 6.07) is 0. The minimum Gasteiger partial charge on any atom is -0.381 e. The molecule has 0 unspecified atom stereocenters. The number of hydrogen-bond acceptors (Lipinski definition) is 5. The predicted molar refractivity (Wildman–Crippen MR) is 55.7 cm³/mol. The van der Waals surface area contributed by atoms with Crippen LogP contribution in [0.5, 0.6) is 0 Å². The number of nitrogens with one attached hydrogen (secondary N) is 1. The topological polar surface area (TPSA) is 63.8 Å². The number of nitrogens with two attached hydrogens (primary N) is 1. The predicted octanol–water partition coefficient (Wildman–Crippen LogP) is 0.760. The van der Waals surface area contributed by atoms with Gasteiger partial charge in [0.1, 0.15) is 5.03 Å². The lowest BCUT2D eigenvalue weighted by Gasteiger charge is -2.02. The van der Waals surface area contributed by atoms with Crippen LogP contribution in [0.2, 0.25) is 0 Å². The van der Waals surface area contributed by atoms with Gasteiger partial charge in [0.15, 0.2) is 5.82 Å². The SMILES string of the molecule is CNCCCSc1nccnc1N. The Morgan fingerprint density at radius 1 is 1.46 bits per heavy atom. The van der Waals surface area contributed by atoms with Crippen molar-refractivity contribution in [3.63, 3.8) is 0 Å². The molecule has 0 aliphatic heterocycles. The van der Waals surface area contributed by atoms with Crippen molar-refractivity contribution in [1.29, 1.82) is 0 Å². The molecule has 72 valence electrons. The molecule has 0 saturated heterocycles. The number of nitrogens with zero attached hydrogens (tertiary/aromatic N) is 2. The first-order chi connectivity index (χ1) is 6.34. The standard InChI is InChI=1S/C8H14N4S/c1-10-3-2-6-13-8-7(9)11-4-5-12-8/h4-5,10H,2-3,6H2,1H3,(H2,9,11). The lowest BCUT2D eigenvalue weighted by molar-refractivity contribution is 0.777. The van der Waals surface area contributed by atoms with Gasteiger partial charge in [-0.2, -0.15) is 0 Å². The van der Waals surface area contributed by atoms with Crippen LogP contribution in [0.1, 0.15) is 6.42 Å². The van der Waals surface area contributed by atoms with Gasteiger partial charge in [-0.05, 0) is 20.0 Å². The third-order valence-corrected chi connectivity index (χ3v) is 2.58. The average Bonchev–Trinajstić information content (AvgIpc) is 2.15. The van der Waals surface area contributed by atoms with E-state index in [2.05, 4.69) is 15.3 Å². The first-order valence-corrected chi connectivity index (χ1v) is 5.17. The third kappa shape index (κ3) is 3.61. The van der Waals surface area contributed by atoms with E-state index in [-0.39, 0.29) is 0 Å². The van der Waals surface area contributed by atoms with Crippen LogP contribution < -0.4 is 11.1 Å². The van der Waals surface area contributed by atoms with Crippen LogP contribution in [0.3, 0.4) is 0 Å². The Labute approximate surface area is 82.3 Å². The zero-order valence-corrected chi connectivity index (χ0v) is 8.47. The lowest BCUT2D eigenvalue weighted by atomic mass is 10.5. The molecule has 4 nitrogen and oxygen atoms in total. The molecule has 0 fully saturated rings. The average molecular weight is 198 g/mol. The largest absolute Gasteiger partial charge is 0.381 e. The van der Waals surface area contributed by atoms with Crippen LogP contribution in [-0.4, -0.2) is 29.3 Å². The van der Waals surface area contributed by atoms with Gasteiger partial charge in [0, 0.05) is 18.1 Å². The second-order valence-electron chi connectivity index (χ2n) is 2.55. The first kappa shape index (κ1) is 10.3. The number of nitrogen functional groups attached to an aromatic ring is 1. The summed E-state index contributed by atoms with van der Waals surface area (Å²) < 4.78 is 0. The van der Waals surface area contributed by atoms with Gasteiger partial charge in [0.25, 0.3) is 0 Å². The van der Waals surface area contributed by atoms with E-state index < -0.39 is 0 Å². The normalized spacial score (nSPS) is 10.2. The number of anilines is 1. The van der Waals surface area contributed by atoms with E-state index in [0.717, 1.165) is 23.7 Å². The Kier molecular flexibility index (Phi) is 4.56. The third-order valence-electron chi connectivity index (χ3n) is 1.50. The van der Waals surface area contributed by atoms with Gasteiger partial charge >= 0.3 is 0 Å². The molecular formula is C8H14N4S. The molecule has 0 aromatic carbocycles. The lowest BCUT2D eigenvalue weighted by Crippen LogP contribution is -2.08. The van der Waals surface area contributed by atoms with Crippen molar-refractivity contribution in [2.24, 2.45) is 0 Å². The van der Waals surface area contributed by atoms with E-state index in [9.17, 15) is 0 Å². The Balaban J connectivity index is 2.32. The highest BCUT2D eigenvalue weighted by atomic mass is 32.2. The monoisotopic (exact) mass is 198 g/mol. The van der Waals surface area contributed by atoms with Crippen molar-refractivity contribution in [3.05, 3.63) is 12.4 Å².